The smallest absolute Gasteiger partial charge is 0.409 e. The molecular formula is C26H30N2O3. The first kappa shape index (κ1) is 20.1. The van der Waals surface area contributed by atoms with Gasteiger partial charge in [0.1, 0.15) is 0 Å². The highest BCUT2D eigenvalue weighted by molar-refractivity contribution is 5.79. The van der Waals surface area contributed by atoms with E-state index in [1.807, 2.05) is 6.92 Å². The molecule has 2 bridgehead atoms. The normalized spacial score (nSPS) is 24.3. The van der Waals surface area contributed by atoms with Gasteiger partial charge in [0.15, 0.2) is 0 Å². The number of carbonyl (C=O) groups is 2. The van der Waals surface area contributed by atoms with Crippen LogP contribution in [0, 0.1) is 11.8 Å². The van der Waals surface area contributed by atoms with E-state index in [2.05, 4.69) is 53.8 Å². The van der Waals surface area contributed by atoms with Gasteiger partial charge >= 0.3 is 6.09 Å². The molecule has 6 rings (SSSR count). The minimum atomic E-state index is -0.267. The topological polar surface area (TPSA) is 58.6 Å². The molecule has 1 heterocycles. The van der Waals surface area contributed by atoms with Gasteiger partial charge in [-0.2, -0.15) is 0 Å². The summed E-state index contributed by atoms with van der Waals surface area (Å²) in [5.74, 6) is 1.30. The minimum Gasteiger partial charge on any atom is -0.450 e. The number of piperidine rings is 1. The molecule has 1 N–H and O–H groups in total. The van der Waals surface area contributed by atoms with Crippen molar-refractivity contribution in [3.8, 4) is 0 Å². The van der Waals surface area contributed by atoms with Crippen molar-refractivity contribution in [2.75, 3.05) is 26.2 Å². The second-order valence-electron chi connectivity index (χ2n) is 8.99. The van der Waals surface area contributed by atoms with E-state index >= 15 is 0 Å². The number of benzene rings is 2. The Bertz CT molecular complexity index is 933. The van der Waals surface area contributed by atoms with Crippen molar-refractivity contribution in [3.63, 3.8) is 0 Å². The van der Waals surface area contributed by atoms with Crippen LogP contribution in [-0.2, 0) is 9.53 Å². The number of ether oxygens (including phenoxy) is 1. The third-order valence-electron chi connectivity index (χ3n) is 7.35. The third kappa shape index (κ3) is 3.60. The zero-order chi connectivity index (χ0) is 21.4. The standard InChI is InChI=1S/C26H30N2O3/c1-2-31-26(30)28-13-11-17(12-14-28)25(29)27-16-18-15-23-19-7-3-5-9-21(19)24(18)22-10-6-4-8-20(22)23/h3-10,17-18,23-24H,2,11-16H2,1H3,(H,27,29). The number of likely N-dealkylation sites (tertiary alicyclic amines) is 1. The molecule has 4 aliphatic rings. The summed E-state index contributed by atoms with van der Waals surface area (Å²) < 4.78 is 5.08. The Balaban J connectivity index is 1.24. The highest BCUT2D eigenvalue weighted by Crippen LogP contribution is 2.55. The van der Waals surface area contributed by atoms with Crippen molar-refractivity contribution in [2.24, 2.45) is 11.8 Å². The lowest BCUT2D eigenvalue weighted by Crippen LogP contribution is -2.45. The van der Waals surface area contributed by atoms with Crippen LogP contribution in [0.2, 0.25) is 0 Å². The number of hydrogen-bond acceptors (Lipinski definition) is 3. The van der Waals surface area contributed by atoms with Crippen LogP contribution >= 0.6 is 0 Å². The Labute approximate surface area is 183 Å². The first-order valence-electron chi connectivity index (χ1n) is 11.5. The zero-order valence-corrected chi connectivity index (χ0v) is 18.0. The number of nitrogens with zero attached hydrogens (tertiary/aromatic N) is 1. The van der Waals surface area contributed by atoms with Gasteiger partial charge in [-0.1, -0.05) is 48.5 Å². The molecule has 1 saturated heterocycles. The number of amides is 2. The van der Waals surface area contributed by atoms with E-state index in [1.54, 1.807) is 4.90 Å². The zero-order valence-electron chi connectivity index (χ0n) is 18.0. The van der Waals surface area contributed by atoms with Crippen molar-refractivity contribution in [1.29, 1.82) is 0 Å². The molecule has 2 aromatic rings. The molecule has 1 unspecified atom stereocenters. The maximum absolute atomic E-state index is 12.9. The predicted octanol–water partition coefficient (Wildman–Crippen LogP) is 4.27. The van der Waals surface area contributed by atoms with Crippen molar-refractivity contribution < 1.29 is 14.3 Å². The molecule has 2 aromatic carbocycles. The molecule has 0 aromatic heterocycles. The summed E-state index contributed by atoms with van der Waals surface area (Å²) in [5.41, 5.74) is 5.78. The maximum atomic E-state index is 12.9. The van der Waals surface area contributed by atoms with Gasteiger partial charge in [-0.3, -0.25) is 4.79 Å². The van der Waals surface area contributed by atoms with Crippen LogP contribution in [0.15, 0.2) is 48.5 Å². The summed E-state index contributed by atoms with van der Waals surface area (Å²) in [6, 6.07) is 17.6. The molecule has 31 heavy (non-hydrogen) atoms. The van der Waals surface area contributed by atoms with Crippen LogP contribution in [0.5, 0.6) is 0 Å². The average Bonchev–Trinajstić information content (AvgIpc) is 2.83. The quantitative estimate of drug-likeness (QED) is 0.807. The molecule has 0 radical (unpaired) electrons. The van der Waals surface area contributed by atoms with Crippen LogP contribution < -0.4 is 5.32 Å². The first-order chi connectivity index (χ1) is 15.2. The van der Waals surface area contributed by atoms with E-state index in [4.69, 9.17) is 4.74 Å². The highest BCUT2D eigenvalue weighted by atomic mass is 16.6. The SMILES string of the molecule is CCOC(=O)N1CCC(C(=O)NCC2CC3c4ccccc4C2c2ccccc23)CC1. The van der Waals surface area contributed by atoms with Crippen molar-refractivity contribution in [1.82, 2.24) is 10.2 Å². The van der Waals surface area contributed by atoms with Crippen molar-refractivity contribution in [3.05, 3.63) is 70.8 Å². The first-order valence-corrected chi connectivity index (χ1v) is 11.5. The fraction of sp³-hybridized carbons (Fsp3) is 0.462. The summed E-state index contributed by atoms with van der Waals surface area (Å²) in [6.45, 7) is 4.08. The summed E-state index contributed by atoms with van der Waals surface area (Å²) >= 11 is 0. The number of hydrogen-bond donors (Lipinski definition) is 1. The molecule has 162 valence electrons. The number of nitrogens with one attached hydrogen (secondary N) is 1. The molecule has 0 spiro atoms. The van der Waals surface area contributed by atoms with Gasteiger partial charge in [0.2, 0.25) is 5.91 Å². The predicted molar refractivity (Wildman–Crippen MR) is 119 cm³/mol. The van der Waals surface area contributed by atoms with E-state index < -0.39 is 0 Å². The van der Waals surface area contributed by atoms with Gasteiger partial charge in [-0.15, -0.1) is 0 Å². The van der Waals surface area contributed by atoms with Gasteiger partial charge in [0.25, 0.3) is 0 Å². The Morgan fingerprint density at radius 1 is 0.968 bits per heavy atom. The Kier molecular flexibility index (Phi) is 5.43. The Morgan fingerprint density at radius 3 is 2.13 bits per heavy atom. The largest absolute Gasteiger partial charge is 0.450 e. The van der Waals surface area contributed by atoms with E-state index in [0.717, 1.165) is 6.42 Å². The summed E-state index contributed by atoms with van der Waals surface area (Å²) in [7, 11) is 0. The van der Waals surface area contributed by atoms with Crippen molar-refractivity contribution >= 4 is 12.0 Å². The van der Waals surface area contributed by atoms with Crippen molar-refractivity contribution in [2.45, 2.75) is 38.0 Å². The molecule has 1 aliphatic heterocycles. The molecule has 5 heteroatoms. The number of fused-ring (bicyclic) bond motifs is 1. The Morgan fingerprint density at radius 2 is 1.55 bits per heavy atom. The third-order valence-corrected chi connectivity index (χ3v) is 7.35. The van der Waals surface area contributed by atoms with E-state index in [-0.39, 0.29) is 17.9 Å². The lowest BCUT2D eigenvalue weighted by molar-refractivity contribution is -0.126. The van der Waals surface area contributed by atoms with Gasteiger partial charge < -0.3 is 15.0 Å². The second kappa shape index (κ2) is 8.37. The molecule has 0 saturated carbocycles. The van der Waals surface area contributed by atoms with E-state index in [9.17, 15) is 9.59 Å². The van der Waals surface area contributed by atoms with E-state index in [1.165, 1.54) is 22.3 Å². The van der Waals surface area contributed by atoms with Crippen LogP contribution in [-0.4, -0.2) is 43.1 Å². The van der Waals surface area contributed by atoms with Gasteiger partial charge in [0, 0.05) is 37.4 Å². The number of rotatable bonds is 4. The minimum absolute atomic E-state index is 0.0222. The van der Waals surface area contributed by atoms with Crippen LogP contribution in [0.4, 0.5) is 4.79 Å². The maximum Gasteiger partial charge on any atom is 0.409 e. The molecule has 1 fully saturated rings. The highest BCUT2D eigenvalue weighted by Gasteiger charge is 2.43. The van der Waals surface area contributed by atoms with Gasteiger partial charge in [-0.05, 0) is 54.4 Å². The summed E-state index contributed by atoms with van der Waals surface area (Å²) in [6.07, 6.45) is 2.22. The van der Waals surface area contributed by atoms with E-state index in [0.29, 0.717) is 56.8 Å². The number of carbonyl (C=O) groups excluding carboxylic acids is 2. The molecule has 5 nitrogen and oxygen atoms in total. The Hall–Kier alpha value is -2.82. The fourth-order valence-electron chi connectivity index (χ4n) is 5.87. The monoisotopic (exact) mass is 418 g/mol. The van der Waals surface area contributed by atoms with Crippen LogP contribution in [0.3, 0.4) is 0 Å². The molecule has 3 aliphatic carbocycles. The molecule has 2 amide bonds. The lowest BCUT2D eigenvalue weighted by atomic mass is 9.59. The lowest BCUT2D eigenvalue weighted by Gasteiger charge is -2.45. The second-order valence-corrected chi connectivity index (χ2v) is 8.99. The molecular weight excluding hydrogens is 388 g/mol. The average molecular weight is 419 g/mol. The summed E-state index contributed by atoms with van der Waals surface area (Å²) in [5, 5.41) is 3.26. The molecule has 1 atom stereocenters. The van der Waals surface area contributed by atoms with Crippen LogP contribution in [0.1, 0.15) is 60.3 Å². The fourth-order valence-corrected chi connectivity index (χ4v) is 5.87. The van der Waals surface area contributed by atoms with Gasteiger partial charge in [0.05, 0.1) is 6.61 Å². The van der Waals surface area contributed by atoms with Crippen LogP contribution in [0.25, 0.3) is 0 Å². The summed E-state index contributed by atoms with van der Waals surface area (Å²) in [4.78, 5) is 26.5. The van der Waals surface area contributed by atoms with Gasteiger partial charge in [-0.25, -0.2) is 4.79 Å².